The van der Waals surface area contributed by atoms with Gasteiger partial charge in [-0.1, -0.05) is 0 Å². The molecule has 1 aromatic rings. The zero-order valence-electron chi connectivity index (χ0n) is 8.62. The standard InChI is InChI=1S/C10H8F2N2O2/c1-10(2,5-13)6-3-8(12)9(14(15)16)4-7(6)11/h3-4H,1-2H3. The van der Waals surface area contributed by atoms with Crippen molar-refractivity contribution in [3.8, 4) is 6.07 Å². The maximum Gasteiger partial charge on any atom is 0.307 e. The molecule has 0 fully saturated rings. The van der Waals surface area contributed by atoms with Crippen LogP contribution in [0.25, 0.3) is 0 Å². The second-order valence-electron chi connectivity index (χ2n) is 3.78. The third kappa shape index (κ3) is 1.98. The molecule has 0 saturated carbocycles. The van der Waals surface area contributed by atoms with Gasteiger partial charge in [-0.3, -0.25) is 10.1 Å². The maximum absolute atomic E-state index is 13.5. The van der Waals surface area contributed by atoms with E-state index in [9.17, 15) is 18.9 Å². The molecule has 84 valence electrons. The summed E-state index contributed by atoms with van der Waals surface area (Å²) in [6.07, 6.45) is 0. The van der Waals surface area contributed by atoms with Crippen molar-refractivity contribution in [2.75, 3.05) is 0 Å². The van der Waals surface area contributed by atoms with Gasteiger partial charge in [0.2, 0.25) is 5.82 Å². The van der Waals surface area contributed by atoms with Crippen LogP contribution in [0.1, 0.15) is 19.4 Å². The lowest BCUT2D eigenvalue weighted by Crippen LogP contribution is -2.17. The van der Waals surface area contributed by atoms with Crippen molar-refractivity contribution in [3.05, 3.63) is 39.4 Å². The summed E-state index contributed by atoms with van der Waals surface area (Å²) in [6, 6.07) is 2.98. The molecule has 6 heteroatoms. The third-order valence-electron chi connectivity index (χ3n) is 2.19. The number of hydrogen-bond donors (Lipinski definition) is 0. The first kappa shape index (κ1) is 12.0. The summed E-state index contributed by atoms with van der Waals surface area (Å²) in [4.78, 5) is 9.33. The fourth-order valence-electron chi connectivity index (χ4n) is 1.22. The fourth-order valence-corrected chi connectivity index (χ4v) is 1.22. The minimum absolute atomic E-state index is 0.196. The molecule has 0 aliphatic rings. The Balaban J connectivity index is 3.44. The summed E-state index contributed by atoms with van der Waals surface area (Å²) in [5.74, 6) is -2.11. The van der Waals surface area contributed by atoms with Gasteiger partial charge in [0.15, 0.2) is 0 Å². The first-order chi connectivity index (χ1) is 7.29. The Morgan fingerprint density at radius 1 is 1.38 bits per heavy atom. The van der Waals surface area contributed by atoms with Crippen molar-refractivity contribution >= 4 is 5.69 Å². The van der Waals surface area contributed by atoms with E-state index in [1.807, 2.05) is 0 Å². The molecule has 0 bridgehead atoms. The molecule has 0 amide bonds. The molecule has 4 nitrogen and oxygen atoms in total. The van der Waals surface area contributed by atoms with Gasteiger partial charge in [-0.25, -0.2) is 4.39 Å². The number of benzene rings is 1. The number of hydrogen-bond acceptors (Lipinski definition) is 3. The minimum Gasteiger partial charge on any atom is -0.258 e. The van der Waals surface area contributed by atoms with E-state index in [1.165, 1.54) is 13.8 Å². The zero-order valence-corrected chi connectivity index (χ0v) is 8.62. The molecule has 0 N–H and O–H groups in total. The van der Waals surface area contributed by atoms with E-state index >= 15 is 0 Å². The smallest absolute Gasteiger partial charge is 0.258 e. The van der Waals surface area contributed by atoms with Gasteiger partial charge in [0, 0.05) is 5.56 Å². The summed E-state index contributed by atoms with van der Waals surface area (Å²) < 4.78 is 26.7. The number of nitro groups is 1. The number of nitro benzene ring substituents is 1. The molecule has 1 rings (SSSR count). The van der Waals surface area contributed by atoms with Crippen LogP contribution in [0.15, 0.2) is 12.1 Å². The number of nitrogens with zero attached hydrogens (tertiary/aromatic N) is 2. The summed E-state index contributed by atoms with van der Waals surface area (Å²) >= 11 is 0. The summed E-state index contributed by atoms with van der Waals surface area (Å²) in [7, 11) is 0. The van der Waals surface area contributed by atoms with Crippen LogP contribution < -0.4 is 0 Å². The molecule has 0 aliphatic heterocycles. The van der Waals surface area contributed by atoms with Crippen LogP contribution in [0.4, 0.5) is 14.5 Å². The topological polar surface area (TPSA) is 66.9 Å². The van der Waals surface area contributed by atoms with Crippen molar-refractivity contribution in [1.82, 2.24) is 0 Å². The van der Waals surface area contributed by atoms with Gasteiger partial charge in [-0.15, -0.1) is 0 Å². The second kappa shape index (κ2) is 3.85. The lowest BCUT2D eigenvalue weighted by atomic mass is 9.86. The number of nitriles is 1. The van der Waals surface area contributed by atoms with E-state index < -0.39 is 27.7 Å². The summed E-state index contributed by atoms with van der Waals surface area (Å²) in [5.41, 5.74) is -2.37. The Hall–Kier alpha value is -2.03. The monoisotopic (exact) mass is 226 g/mol. The molecular weight excluding hydrogens is 218 g/mol. The quantitative estimate of drug-likeness (QED) is 0.575. The first-order valence-corrected chi connectivity index (χ1v) is 4.35. The molecule has 0 unspecified atom stereocenters. The lowest BCUT2D eigenvalue weighted by molar-refractivity contribution is -0.387. The lowest BCUT2D eigenvalue weighted by Gasteiger charge is -2.16. The SMILES string of the molecule is CC(C)(C#N)c1cc(F)c([N+](=O)[O-])cc1F. The normalized spacial score (nSPS) is 10.9. The van der Waals surface area contributed by atoms with Gasteiger partial charge in [0.25, 0.3) is 0 Å². The van der Waals surface area contributed by atoms with E-state index in [2.05, 4.69) is 0 Å². The third-order valence-corrected chi connectivity index (χ3v) is 2.19. The van der Waals surface area contributed by atoms with Crippen molar-refractivity contribution in [2.45, 2.75) is 19.3 Å². The highest BCUT2D eigenvalue weighted by Crippen LogP contribution is 2.29. The molecule has 0 radical (unpaired) electrons. The van der Waals surface area contributed by atoms with E-state index in [4.69, 9.17) is 5.26 Å². The Kier molecular flexibility index (Phi) is 2.90. The number of rotatable bonds is 2. The highest BCUT2D eigenvalue weighted by molar-refractivity contribution is 5.41. The fraction of sp³-hybridized carbons (Fsp3) is 0.300. The van der Waals surface area contributed by atoms with Gasteiger partial charge in [-0.05, 0) is 19.9 Å². The van der Waals surface area contributed by atoms with E-state index in [0.29, 0.717) is 12.1 Å². The average molecular weight is 226 g/mol. The molecule has 0 heterocycles. The van der Waals surface area contributed by atoms with Crippen LogP contribution in [0.2, 0.25) is 0 Å². The molecule has 1 aromatic carbocycles. The van der Waals surface area contributed by atoms with Gasteiger partial charge < -0.3 is 0 Å². The molecule has 16 heavy (non-hydrogen) atoms. The highest BCUT2D eigenvalue weighted by Gasteiger charge is 2.28. The predicted octanol–water partition coefficient (Wildman–Crippen LogP) is 2.67. The summed E-state index contributed by atoms with van der Waals surface area (Å²) in [5, 5.41) is 19.1. The van der Waals surface area contributed by atoms with E-state index in [0.717, 1.165) is 0 Å². The maximum atomic E-state index is 13.5. The zero-order chi connectivity index (χ0) is 12.5. The van der Waals surface area contributed by atoms with Gasteiger partial charge in [0.1, 0.15) is 5.82 Å². The first-order valence-electron chi connectivity index (χ1n) is 4.35. The summed E-state index contributed by atoms with van der Waals surface area (Å²) in [6.45, 7) is 2.80. The largest absolute Gasteiger partial charge is 0.307 e. The van der Waals surface area contributed by atoms with Crippen LogP contribution in [0.5, 0.6) is 0 Å². The van der Waals surface area contributed by atoms with Crippen molar-refractivity contribution in [2.24, 2.45) is 0 Å². The van der Waals surface area contributed by atoms with Crippen molar-refractivity contribution in [3.63, 3.8) is 0 Å². The van der Waals surface area contributed by atoms with Crippen LogP contribution >= 0.6 is 0 Å². The Bertz CT molecular complexity index is 492. The van der Waals surface area contributed by atoms with Crippen LogP contribution in [0.3, 0.4) is 0 Å². The molecular formula is C10H8F2N2O2. The van der Waals surface area contributed by atoms with Gasteiger partial charge >= 0.3 is 5.69 Å². The predicted molar refractivity (Wildman–Crippen MR) is 51.7 cm³/mol. The van der Waals surface area contributed by atoms with Crippen LogP contribution in [-0.4, -0.2) is 4.92 Å². The Morgan fingerprint density at radius 2 is 1.94 bits per heavy atom. The molecule has 0 atom stereocenters. The Morgan fingerprint density at radius 3 is 2.38 bits per heavy atom. The Labute approximate surface area is 90.3 Å². The van der Waals surface area contributed by atoms with Crippen molar-refractivity contribution in [1.29, 1.82) is 5.26 Å². The highest BCUT2D eigenvalue weighted by atomic mass is 19.1. The molecule has 0 spiro atoms. The number of halogens is 2. The van der Waals surface area contributed by atoms with E-state index in [-0.39, 0.29) is 5.56 Å². The second-order valence-corrected chi connectivity index (χ2v) is 3.78. The van der Waals surface area contributed by atoms with Crippen LogP contribution in [-0.2, 0) is 5.41 Å². The van der Waals surface area contributed by atoms with Gasteiger partial charge in [0.05, 0.1) is 22.5 Å². The van der Waals surface area contributed by atoms with E-state index in [1.54, 1.807) is 6.07 Å². The average Bonchev–Trinajstić information content (AvgIpc) is 2.20. The van der Waals surface area contributed by atoms with Crippen molar-refractivity contribution < 1.29 is 13.7 Å². The molecule has 0 saturated heterocycles. The molecule has 0 aromatic heterocycles. The van der Waals surface area contributed by atoms with Crippen LogP contribution in [0, 0.1) is 33.1 Å². The molecule has 0 aliphatic carbocycles. The van der Waals surface area contributed by atoms with Gasteiger partial charge in [-0.2, -0.15) is 9.65 Å². The minimum atomic E-state index is -1.24.